The van der Waals surface area contributed by atoms with E-state index in [1.807, 2.05) is 0 Å². The lowest BCUT2D eigenvalue weighted by molar-refractivity contribution is 0.0687. The Kier molecular flexibility index (Phi) is 3.89. The van der Waals surface area contributed by atoms with Crippen LogP contribution in [-0.4, -0.2) is 35.7 Å². The molecular formula is C5H13BO4. The molecule has 0 spiro atoms. The molecule has 0 amide bonds. The van der Waals surface area contributed by atoms with E-state index in [-0.39, 0.29) is 13.2 Å². The van der Waals surface area contributed by atoms with Crippen LogP contribution in [0.5, 0.6) is 0 Å². The number of rotatable bonds is 4. The van der Waals surface area contributed by atoms with E-state index in [1.165, 1.54) is 0 Å². The van der Waals surface area contributed by atoms with Gasteiger partial charge in [0.1, 0.15) is 0 Å². The predicted molar refractivity (Wildman–Crippen MR) is 37.0 cm³/mol. The van der Waals surface area contributed by atoms with E-state index in [1.54, 1.807) is 13.8 Å². The van der Waals surface area contributed by atoms with Crippen LogP contribution in [0.3, 0.4) is 0 Å². The van der Waals surface area contributed by atoms with E-state index in [0.717, 1.165) is 0 Å². The van der Waals surface area contributed by atoms with Crippen LogP contribution in [0.2, 0.25) is 0 Å². The second-order valence-corrected chi connectivity index (χ2v) is 2.96. The molecule has 0 saturated heterocycles. The van der Waals surface area contributed by atoms with Crippen molar-refractivity contribution in [1.82, 2.24) is 0 Å². The Morgan fingerprint density at radius 3 is 2.20 bits per heavy atom. The van der Waals surface area contributed by atoms with Crippen molar-refractivity contribution in [3.63, 3.8) is 0 Å². The van der Waals surface area contributed by atoms with E-state index >= 15 is 0 Å². The molecule has 0 aliphatic carbocycles. The second-order valence-electron chi connectivity index (χ2n) is 2.96. The van der Waals surface area contributed by atoms with Crippen LogP contribution in [0.15, 0.2) is 0 Å². The monoisotopic (exact) mass is 148 g/mol. The highest BCUT2D eigenvalue weighted by Crippen LogP contribution is 2.13. The molecule has 0 unspecified atom stereocenters. The van der Waals surface area contributed by atoms with Crippen molar-refractivity contribution in [3.8, 4) is 0 Å². The minimum Gasteiger partial charge on any atom is -0.402 e. The van der Waals surface area contributed by atoms with Crippen molar-refractivity contribution in [2.75, 3.05) is 13.2 Å². The van der Waals surface area contributed by atoms with E-state index in [9.17, 15) is 0 Å². The smallest absolute Gasteiger partial charge is 0.402 e. The molecule has 0 atom stereocenters. The van der Waals surface area contributed by atoms with Gasteiger partial charge < -0.3 is 19.8 Å². The zero-order chi connectivity index (χ0) is 8.20. The van der Waals surface area contributed by atoms with Gasteiger partial charge in [0.15, 0.2) is 0 Å². The highest BCUT2D eigenvalue weighted by Gasteiger charge is 2.20. The Balaban J connectivity index is 3.46. The van der Waals surface area contributed by atoms with Crippen LogP contribution in [0.4, 0.5) is 0 Å². The Hall–Kier alpha value is -0.0951. The van der Waals surface area contributed by atoms with Crippen LogP contribution in [0, 0.1) is 5.41 Å². The first-order valence-electron chi connectivity index (χ1n) is 3.06. The molecule has 3 N–H and O–H groups in total. The van der Waals surface area contributed by atoms with Gasteiger partial charge in [0.2, 0.25) is 0 Å². The number of hydrogen-bond acceptors (Lipinski definition) is 4. The summed E-state index contributed by atoms with van der Waals surface area (Å²) < 4.78 is 4.45. The van der Waals surface area contributed by atoms with Crippen molar-refractivity contribution in [3.05, 3.63) is 0 Å². The van der Waals surface area contributed by atoms with Gasteiger partial charge in [0.05, 0.1) is 6.61 Å². The van der Waals surface area contributed by atoms with Gasteiger partial charge in [0, 0.05) is 12.0 Å². The molecular weight excluding hydrogens is 135 g/mol. The fraction of sp³-hybridized carbons (Fsp3) is 1.00. The minimum atomic E-state index is -1.74. The van der Waals surface area contributed by atoms with Gasteiger partial charge >= 0.3 is 7.32 Å². The molecule has 10 heavy (non-hydrogen) atoms. The Labute approximate surface area is 60.6 Å². The van der Waals surface area contributed by atoms with Crippen LogP contribution in [0.1, 0.15) is 13.8 Å². The highest BCUT2D eigenvalue weighted by molar-refractivity contribution is 6.32. The third-order valence-corrected chi connectivity index (χ3v) is 1.05. The minimum absolute atomic E-state index is 0.0419. The summed E-state index contributed by atoms with van der Waals surface area (Å²) in [5.74, 6) is 0. The maximum atomic E-state index is 8.66. The quantitative estimate of drug-likeness (QED) is 0.447. The molecule has 4 nitrogen and oxygen atoms in total. The summed E-state index contributed by atoms with van der Waals surface area (Å²) in [6.07, 6.45) is 0. The van der Waals surface area contributed by atoms with E-state index in [4.69, 9.17) is 15.2 Å². The first kappa shape index (κ1) is 9.90. The highest BCUT2D eigenvalue weighted by atomic mass is 16.6. The standard InChI is InChI=1S/C5H13BO4/c1-5(2,3-7)4-10-6(8)9/h7-9H,3-4H2,1-2H3. The predicted octanol–water partition coefficient (Wildman–Crippen LogP) is -1.01. The summed E-state index contributed by atoms with van der Waals surface area (Å²) in [6, 6.07) is 0. The van der Waals surface area contributed by atoms with E-state index in [2.05, 4.69) is 4.65 Å². The van der Waals surface area contributed by atoms with Crippen LogP contribution in [-0.2, 0) is 4.65 Å². The van der Waals surface area contributed by atoms with Gasteiger partial charge in [-0.3, -0.25) is 0 Å². The topological polar surface area (TPSA) is 69.9 Å². The summed E-state index contributed by atoms with van der Waals surface area (Å²) >= 11 is 0. The molecule has 0 saturated carbocycles. The second kappa shape index (κ2) is 3.93. The average Bonchev–Trinajstić information content (AvgIpc) is 1.85. The van der Waals surface area contributed by atoms with E-state index < -0.39 is 12.7 Å². The van der Waals surface area contributed by atoms with Gasteiger partial charge in [-0.15, -0.1) is 0 Å². The Morgan fingerprint density at radius 2 is 1.90 bits per heavy atom. The van der Waals surface area contributed by atoms with Gasteiger partial charge in [-0.2, -0.15) is 0 Å². The lowest BCUT2D eigenvalue weighted by Crippen LogP contribution is -2.29. The van der Waals surface area contributed by atoms with Gasteiger partial charge in [-0.25, -0.2) is 0 Å². The van der Waals surface area contributed by atoms with Gasteiger partial charge in [-0.05, 0) is 0 Å². The van der Waals surface area contributed by atoms with Crippen LogP contribution >= 0.6 is 0 Å². The summed E-state index contributed by atoms with van der Waals surface area (Å²) in [7, 11) is -1.74. The van der Waals surface area contributed by atoms with Crippen molar-refractivity contribution in [1.29, 1.82) is 0 Å². The first-order chi connectivity index (χ1) is 4.48. The zero-order valence-corrected chi connectivity index (χ0v) is 6.24. The molecule has 0 radical (unpaired) electrons. The SMILES string of the molecule is CC(C)(CO)COB(O)O. The van der Waals surface area contributed by atoms with Crippen molar-refractivity contribution < 1.29 is 19.8 Å². The molecule has 5 heteroatoms. The largest absolute Gasteiger partial charge is 0.633 e. The van der Waals surface area contributed by atoms with E-state index in [0.29, 0.717) is 0 Å². The van der Waals surface area contributed by atoms with Crippen molar-refractivity contribution in [2.45, 2.75) is 13.8 Å². The average molecular weight is 148 g/mol. The first-order valence-corrected chi connectivity index (χ1v) is 3.06. The maximum absolute atomic E-state index is 8.66. The molecule has 0 fully saturated rings. The third-order valence-electron chi connectivity index (χ3n) is 1.05. The lowest BCUT2D eigenvalue weighted by atomic mass is 9.96. The fourth-order valence-corrected chi connectivity index (χ4v) is 0.346. The van der Waals surface area contributed by atoms with Crippen LogP contribution < -0.4 is 0 Å². The third kappa shape index (κ3) is 4.75. The normalized spacial score (nSPS) is 11.7. The number of aliphatic hydroxyl groups is 1. The maximum Gasteiger partial charge on any atom is 0.633 e. The Bertz CT molecular complexity index is 93.6. The van der Waals surface area contributed by atoms with Gasteiger partial charge in [0.25, 0.3) is 0 Å². The lowest BCUT2D eigenvalue weighted by Gasteiger charge is -2.20. The molecule has 0 aromatic heterocycles. The van der Waals surface area contributed by atoms with Crippen molar-refractivity contribution in [2.24, 2.45) is 5.41 Å². The number of aliphatic hydroxyl groups excluding tert-OH is 1. The number of hydrogen-bond donors (Lipinski definition) is 3. The molecule has 0 heterocycles. The zero-order valence-electron chi connectivity index (χ0n) is 6.24. The molecule has 0 aromatic carbocycles. The molecule has 0 rings (SSSR count). The Morgan fingerprint density at radius 1 is 1.40 bits per heavy atom. The van der Waals surface area contributed by atoms with Crippen molar-refractivity contribution >= 4 is 7.32 Å². The molecule has 0 aliphatic rings. The summed E-state index contributed by atoms with van der Waals surface area (Å²) in [5.41, 5.74) is -0.413. The summed E-state index contributed by atoms with van der Waals surface area (Å²) in [6.45, 7) is 3.60. The molecule has 0 aromatic rings. The summed E-state index contributed by atoms with van der Waals surface area (Å²) in [5, 5.41) is 25.2. The fourth-order valence-electron chi connectivity index (χ4n) is 0.346. The van der Waals surface area contributed by atoms with Crippen LogP contribution in [0.25, 0.3) is 0 Å². The molecule has 60 valence electrons. The molecule has 0 bridgehead atoms. The van der Waals surface area contributed by atoms with Gasteiger partial charge in [-0.1, -0.05) is 13.8 Å². The molecule has 0 aliphatic heterocycles. The summed E-state index contributed by atoms with van der Waals surface area (Å²) in [4.78, 5) is 0.